The van der Waals surface area contributed by atoms with Gasteiger partial charge in [0, 0.05) is 27.8 Å². The number of nitrogens with zero attached hydrogens (tertiary/aromatic N) is 1. The molecule has 1 aromatic heterocycles. The highest BCUT2D eigenvalue weighted by Crippen LogP contribution is 2.39. The minimum atomic E-state index is 0.870. The van der Waals surface area contributed by atoms with Crippen LogP contribution in [0.1, 0.15) is 5.56 Å². The summed E-state index contributed by atoms with van der Waals surface area (Å²) in [5.41, 5.74) is 11.2. The van der Waals surface area contributed by atoms with Crippen LogP contribution in [0.4, 0.5) is 17.1 Å². The van der Waals surface area contributed by atoms with Gasteiger partial charge in [0.05, 0.1) is 0 Å². The molecule has 0 saturated carbocycles. The van der Waals surface area contributed by atoms with Gasteiger partial charge in [-0.25, -0.2) is 0 Å². The highest BCUT2D eigenvalue weighted by atomic mass is 16.3. The van der Waals surface area contributed by atoms with Crippen molar-refractivity contribution in [2.45, 2.75) is 6.42 Å². The van der Waals surface area contributed by atoms with E-state index < -0.39 is 0 Å². The molecule has 0 amide bonds. The van der Waals surface area contributed by atoms with E-state index >= 15 is 0 Å². The molecular weight excluding hydrogens is 595 g/mol. The Morgan fingerprint density at radius 3 is 1.80 bits per heavy atom. The van der Waals surface area contributed by atoms with Crippen LogP contribution in [-0.4, -0.2) is 0 Å². The lowest BCUT2D eigenvalue weighted by Crippen LogP contribution is -2.10. The second-order valence-corrected chi connectivity index (χ2v) is 12.2. The summed E-state index contributed by atoms with van der Waals surface area (Å²) < 4.78 is 6.19. The first-order chi connectivity index (χ1) is 24.2. The molecule has 0 spiro atoms. The largest absolute Gasteiger partial charge is 0.456 e. The molecule has 2 heteroatoms. The molecule has 8 aromatic rings. The Labute approximate surface area is 287 Å². The van der Waals surface area contributed by atoms with Gasteiger partial charge in [-0.15, -0.1) is 0 Å². The lowest BCUT2D eigenvalue weighted by Gasteiger charge is -2.26. The number of fused-ring (bicyclic) bond motifs is 5. The molecule has 0 unspecified atom stereocenters. The number of furan rings is 1. The molecule has 8 rings (SSSR count). The third-order valence-corrected chi connectivity index (χ3v) is 9.09. The first kappa shape index (κ1) is 30.0. The van der Waals surface area contributed by atoms with Gasteiger partial charge >= 0.3 is 0 Å². The standard InChI is InChI=1S/C47H35NO/c1-2-3-4-5-7-12-34-17-26-40(27-18-34)48(41-28-21-36(22-29-41)35-13-8-6-9-14-35)42-30-23-37(24-31-42)39-20-19-38-25-32-46-47(44(38)33-39)43-15-10-11-16-45(43)49-46/h2-11,13-33H,1,12H2/b4-3-,7-5-. The van der Waals surface area contributed by atoms with E-state index in [0.29, 0.717) is 0 Å². The average molecular weight is 630 g/mol. The summed E-state index contributed by atoms with van der Waals surface area (Å²) in [6.45, 7) is 3.73. The van der Waals surface area contributed by atoms with Crippen LogP contribution in [0.15, 0.2) is 199 Å². The maximum absolute atomic E-state index is 6.19. The normalized spacial score (nSPS) is 11.7. The van der Waals surface area contributed by atoms with Crippen LogP contribution in [0.5, 0.6) is 0 Å². The molecule has 234 valence electrons. The minimum Gasteiger partial charge on any atom is -0.456 e. The van der Waals surface area contributed by atoms with Gasteiger partial charge in [-0.3, -0.25) is 0 Å². The molecule has 0 saturated heterocycles. The molecule has 0 fully saturated rings. The van der Waals surface area contributed by atoms with Crippen molar-refractivity contribution >= 4 is 49.8 Å². The van der Waals surface area contributed by atoms with Crippen LogP contribution in [0.3, 0.4) is 0 Å². The summed E-state index contributed by atoms with van der Waals surface area (Å²) in [6, 6.07) is 56.4. The Kier molecular flexibility index (Phi) is 8.19. The predicted molar refractivity (Wildman–Crippen MR) is 209 cm³/mol. The third-order valence-electron chi connectivity index (χ3n) is 9.09. The summed E-state index contributed by atoms with van der Waals surface area (Å²) in [7, 11) is 0. The smallest absolute Gasteiger partial charge is 0.136 e. The third kappa shape index (κ3) is 6.08. The quantitative estimate of drug-likeness (QED) is 0.148. The van der Waals surface area contributed by atoms with Gasteiger partial charge in [0.2, 0.25) is 0 Å². The Morgan fingerprint density at radius 1 is 0.490 bits per heavy atom. The molecule has 0 atom stereocenters. The van der Waals surface area contributed by atoms with Gasteiger partial charge in [-0.1, -0.05) is 140 Å². The van der Waals surface area contributed by atoms with Crippen LogP contribution in [-0.2, 0) is 6.42 Å². The van der Waals surface area contributed by atoms with Gasteiger partial charge in [-0.2, -0.15) is 0 Å². The molecule has 7 aromatic carbocycles. The van der Waals surface area contributed by atoms with Crippen LogP contribution in [0, 0.1) is 0 Å². The van der Waals surface area contributed by atoms with Crippen molar-refractivity contribution in [3.63, 3.8) is 0 Å². The second kappa shape index (κ2) is 13.4. The van der Waals surface area contributed by atoms with E-state index in [1.54, 1.807) is 6.08 Å². The van der Waals surface area contributed by atoms with Crippen molar-refractivity contribution in [2.75, 3.05) is 4.90 Å². The minimum absolute atomic E-state index is 0.870. The van der Waals surface area contributed by atoms with Crippen molar-refractivity contribution in [2.24, 2.45) is 0 Å². The Hall–Kier alpha value is -6.38. The highest BCUT2D eigenvalue weighted by Gasteiger charge is 2.15. The zero-order chi connectivity index (χ0) is 33.0. The first-order valence-corrected chi connectivity index (χ1v) is 16.7. The van der Waals surface area contributed by atoms with E-state index in [1.807, 2.05) is 24.3 Å². The number of para-hydroxylation sites is 1. The SMILES string of the molecule is C=C/C=C\C=C/Cc1ccc(N(c2ccc(-c3ccccc3)cc2)c2ccc(-c3ccc4ccc5oc6ccccc6c5c4c3)cc2)cc1. The van der Waals surface area contributed by atoms with Gasteiger partial charge in [-0.05, 0) is 99.6 Å². The van der Waals surface area contributed by atoms with Gasteiger partial charge in [0.25, 0.3) is 0 Å². The summed E-state index contributed by atoms with van der Waals surface area (Å²) in [5.74, 6) is 0. The summed E-state index contributed by atoms with van der Waals surface area (Å²) >= 11 is 0. The van der Waals surface area contributed by atoms with E-state index in [9.17, 15) is 0 Å². The van der Waals surface area contributed by atoms with Crippen LogP contribution >= 0.6 is 0 Å². The summed E-state index contributed by atoms with van der Waals surface area (Å²) in [5, 5.41) is 4.73. The van der Waals surface area contributed by atoms with Crippen molar-refractivity contribution in [3.05, 3.63) is 200 Å². The Balaban J connectivity index is 1.15. The van der Waals surface area contributed by atoms with Crippen molar-refractivity contribution in [3.8, 4) is 22.3 Å². The van der Waals surface area contributed by atoms with E-state index in [1.165, 1.54) is 44.0 Å². The number of anilines is 3. The van der Waals surface area contributed by atoms with E-state index in [0.717, 1.165) is 40.0 Å². The van der Waals surface area contributed by atoms with Crippen molar-refractivity contribution < 1.29 is 4.42 Å². The molecule has 0 aliphatic rings. The van der Waals surface area contributed by atoms with Gasteiger partial charge < -0.3 is 9.32 Å². The molecule has 0 aliphatic carbocycles. The number of hydrogen-bond acceptors (Lipinski definition) is 2. The van der Waals surface area contributed by atoms with Gasteiger partial charge in [0.15, 0.2) is 0 Å². The highest BCUT2D eigenvalue weighted by molar-refractivity contribution is 6.19. The molecule has 0 bridgehead atoms. The summed E-state index contributed by atoms with van der Waals surface area (Å²) in [4.78, 5) is 2.33. The van der Waals surface area contributed by atoms with E-state index in [4.69, 9.17) is 4.42 Å². The second-order valence-electron chi connectivity index (χ2n) is 12.2. The van der Waals surface area contributed by atoms with E-state index in [-0.39, 0.29) is 0 Å². The molecule has 2 nitrogen and oxygen atoms in total. The zero-order valence-electron chi connectivity index (χ0n) is 27.2. The van der Waals surface area contributed by atoms with E-state index in [2.05, 4.69) is 169 Å². The fourth-order valence-electron chi connectivity index (χ4n) is 6.61. The molecule has 0 aliphatic heterocycles. The summed E-state index contributed by atoms with van der Waals surface area (Å²) in [6.07, 6.45) is 10.8. The lowest BCUT2D eigenvalue weighted by molar-refractivity contribution is 0.669. The first-order valence-electron chi connectivity index (χ1n) is 16.7. The number of hydrogen-bond donors (Lipinski definition) is 0. The zero-order valence-corrected chi connectivity index (χ0v) is 27.2. The maximum atomic E-state index is 6.19. The fourth-order valence-corrected chi connectivity index (χ4v) is 6.61. The lowest BCUT2D eigenvalue weighted by atomic mass is 9.98. The predicted octanol–water partition coefficient (Wildman–Crippen LogP) is 13.4. The molecule has 49 heavy (non-hydrogen) atoms. The number of allylic oxidation sites excluding steroid dienone is 5. The Morgan fingerprint density at radius 2 is 1.08 bits per heavy atom. The van der Waals surface area contributed by atoms with Crippen molar-refractivity contribution in [1.29, 1.82) is 0 Å². The van der Waals surface area contributed by atoms with Gasteiger partial charge in [0.1, 0.15) is 11.2 Å². The Bertz CT molecular complexity index is 2450. The number of rotatable bonds is 9. The monoisotopic (exact) mass is 629 g/mol. The average Bonchev–Trinajstić information content (AvgIpc) is 3.56. The molecular formula is C47H35NO. The van der Waals surface area contributed by atoms with Crippen LogP contribution < -0.4 is 4.90 Å². The van der Waals surface area contributed by atoms with Crippen LogP contribution in [0.2, 0.25) is 0 Å². The fraction of sp³-hybridized carbons (Fsp3) is 0.0213. The number of benzene rings is 7. The molecule has 1 heterocycles. The van der Waals surface area contributed by atoms with Crippen molar-refractivity contribution in [1.82, 2.24) is 0 Å². The maximum Gasteiger partial charge on any atom is 0.136 e. The molecule has 0 N–H and O–H groups in total. The molecule has 0 radical (unpaired) electrons. The topological polar surface area (TPSA) is 16.4 Å². The van der Waals surface area contributed by atoms with Crippen LogP contribution in [0.25, 0.3) is 55.0 Å².